The predicted molar refractivity (Wildman–Crippen MR) is 80.9 cm³/mol. The fraction of sp³-hybridized carbons (Fsp3) is 0.467. The zero-order valence-corrected chi connectivity index (χ0v) is 12.4. The molecule has 0 aliphatic carbocycles. The van der Waals surface area contributed by atoms with Crippen LogP contribution < -0.4 is 10.6 Å². The maximum Gasteiger partial charge on any atom is 0.337 e. The van der Waals surface area contributed by atoms with Gasteiger partial charge in [-0.25, -0.2) is 9.59 Å². The number of carboxylic acid groups (broad SMARTS) is 1. The molecular weight excluding hydrogens is 272 g/mol. The van der Waals surface area contributed by atoms with Crippen molar-refractivity contribution in [2.75, 3.05) is 25.1 Å². The number of benzene rings is 1. The Hall–Kier alpha value is -2.08. The van der Waals surface area contributed by atoms with E-state index >= 15 is 0 Å². The van der Waals surface area contributed by atoms with Gasteiger partial charge in [-0.15, -0.1) is 0 Å². The third-order valence-corrected chi connectivity index (χ3v) is 2.83. The summed E-state index contributed by atoms with van der Waals surface area (Å²) in [5.41, 5.74) is 1.17. The van der Waals surface area contributed by atoms with Crippen LogP contribution in [0, 0.1) is 6.92 Å². The lowest BCUT2D eigenvalue weighted by atomic mass is 10.1. The number of carbonyl (C=O) groups excluding carboxylic acids is 1. The van der Waals surface area contributed by atoms with Crippen molar-refractivity contribution in [3.8, 4) is 0 Å². The number of nitrogens with one attached hydrogen (secondary N) is 2. The molecule has 0 atom stereocenters. The molecule has 116 valence electrons. The highest BCUT2D eigenvalue weighted by Gasteiger charge is 2.12. The smallest absolute Gasteiger partial charge is 0.337 e. The van der Waals surface area contributed by atoms with E-state index in [9.17, 15) is 9.59 Å². The quantitative estimate of drug-likeness (QED) is 0.643. The van der Waals surface area contributed by atoms with E-state index < -0.39 is 12.0 Å². The second-order valence-electron chi connectivity index (χ2n) is 4.70. The minimum atomic E-state index is -1.07. The van der Waals surface area contributed by atoms with Gasteiger partial charge in [-0.3, -0.25) is 0 Å². The lowest BCUT2D eigenvalue weighted by molar-refractivity contribution is 0.0698. The number of rotatable bonds is 8. The fourth-order valence-electron chi connectivity index (χ4n) is 1.70. The van der Waals surface area contributed by atoms with Crippen molar-refractivity contribution >= 4 is 17.7 Å². The second kappa shape index (κ2) is 8.97. The summed E-state index contributed by atoms with van der Waals surface area (Å²) in [5.74, 6) is -1.07. The third kappa shape index (κ3) is 6.27. The Morgan fingerprint density at radius 2 is 2.05 bits per heavy atom. The zero-order chi connectivity index (χ0) is 15.7. The number of amides is 2. The predicted octanol–water partition coefficient (Wildman–Crippen LogP) is 2.63. The molecule has 1 rings (SSSR count). The number of hydrogen-bond acceptors (Lipinski definition) is 3. The van der Waals surface area contributed by atoms with Crippen molar-refractivity contribution in [1.29, 1.82) is 0 Å². The normalized spacial score (nSPS) is 10.2. The lowest BCUT2D eigenvalue weighted by Crippen LogP contribution is -2.32. The van der Waals surface area contributed by atoms with Crippen molar-refractivity contribution in [3.05, 3.63) is 29.3 Å². The summed E-state index contributed by atoms with van der Waals surface area (Å²) in [4.78, 5) is 22.8. The molecule has 1 aromatic carbocycles. The first-order valence-electron chi connectivity index (χ1n) is 7.01. The Bertz CT molecular complexity index is 489. The molecule has 0 unspecified atom stereocenters. The van der Waals surface area contributed by atoms with Gasteiger partial charge < -0.3 is 20.5 Å². The number of hydrogen-bond donors (Lipinski definition) is 3. The number of aromatic carboxylic acids is 1. The van der Waals surface area contributed by atoms with Crippen LogP contribution in [0.25, 0.3) is 0 Å². The fourth-order valence-corrected chi connectivity index (χ4v) is 1.70. The minimum absolute atomic E-state index is 0.0735. The van der Waals surface area contributed by atoms with Crippen LogP contribution in [0.5, 0.6) is 0 Å². The monoisotopic (exact) mass is 294 g/mol. The van der Waals surface area contributed by atoms with E-state index in [1.807, 2.05) is 0 Å². The topological polar surface area (TPSA) is 87.7 Å². The van der Waals surface area contributed by atoms with Gasteiger partial charge in [-0.2, -0.15) is 0 Å². The van der Waals surface area contributed by atoms with Crippen LogP contribution in [-0.2, 0) is 4.74 Å². The molecule has 0 aliphatic rings. The van der Waals surface area contributed by atoms with Gasteiger partial charge in [0.2, 0.25) is 0 Å². The molecule has 0 fully saturated rings. The number of urea groups is 1. The molecule has 0 aliphatic heterocycles. The average Bonchev–Trinajstić information content (AvgIpc) is 2.44. The van der Waals surface area contributed by atoms with E-state index in [-0.39, 0.29) is 11.3 Å². The summed E-state index contributed by atoms with van der Waals surface area (Å²) in [6.07, 6.45) is 2.07. The van der Waals surface area contributed by atoms with Gasteiger partial charge in [-0.05, 0) is 25.5 Å². The second-order valence-corrected chi connectivity index (χ2v) is 4.70. The van der Waals surface area contributed by atoms with Crippen molar-refractivity contribution in [3.63, 3.8) is 0 Å². The van der Waals surface area contributed by atoms with Gasteiger partial charge in [-0.1, -0.05) is 25.0 Å². The average molecular weight is 294 g/mol. The molecule has 0 saturated carbocycles. The molecule has 0 aromatic heterocycles. The molecule has 6 nitrogen and oxygen atoms in total. The highest BCUT2D eigenvalue weighted by molar-refractivity contribution is 6.00. The van der Waals surface area contributed by atoms with Crippen LogP contribution in [0.15, 0.2) is 18.2 Å². The van der Waals surface area contributed by atoms with Gasteiger partial charge in [0.25, 0.3) is 0 Å². The number of carboxylic acids is 1. The van der Waals surface area contributed by atoms with Gasteiger partial charge >= 0.3 is 12.0 Å². The molecule has 6 heteroatoms. The molecule has 0 saturated heterocycles. The Kier molecular flexibility index (Phi) is 7.25. The van der Waals surface area contributed by atoms with Crippen LogP contribution in [0.2, 0.25) is 0 Å². The summed E-state index contributed by atoms with van der Waals surface area (Å²) < 4.78 is 5.32. The van der Waals surface area contributed by atoms with Crippen LogP contribution in [0.1, 0.15) is 35.7 Å². The third-order valence-electron chi connectivity index (χ3n) is 2.83. The van der Waals surface area contributed by atoms with E-state index in [1.165, 1.54) is 6.07 Å². The maximum absolute atomic E-state index is 11.7. The van der Waals surface area contributed by atoms with Crippen LogP contribution in [0.4, 0.5) is 10.5 Å². The number of anilines is 1. The van der Waals surface area contributed by atoms with Crippen LogP contribution >= 0.6 is 0 Å². The minimum Gasteiger partial charge on any atom is -0.478 e. The lowest BCUT2D eigenvalue weighted by Gasteiger charge is -2.10. The Labute approximate surface area is 124 Å². The molecule has 21 heavy (non-hydrogen) atoms. The summed E-state index contributed by atoms with van der Waals surface area (Å²) in [6.45, 7) is 5.37. The van der Waals surface area contributed by atoms with Gasteiger partial charge in [0.15, 0.2) is 0 Å². The Balaban J connectivity index is 2.43. The first kappa shape index (κ1) is 17.0. The van der Waals surface area contributed by atoms with Crippen LogP contribution in [0.3, 0.4) is 0 Å². The molecule has 0 spiro atoms. The summed E-state index contributed by atoms with van der Waals surface area (Å²) in [6, 6.07) is 4.40. The Morgan fingerprint density at radius 3 is 2.71 bits per heavy atom. The van der Waals surface area contributed by atoms with Crippen LogP contribution in [-0.4, -0.2) is 36.9 Å². The summed E-state index contributed by atoms with van der Waals surface area (Å²) in [5, 5.41) is 14.3. The van der Waals surface area contributed by atoms with E-state index in [0.29, 0.717) is 19.8 Å². The number of ether oxygens (including phenoxy) is 1. The SMILES string of the molecule is CCCCOCCNC(=O)Nc1ccc(C)cc1C(=O)O. The molecule has 1 aromatic rings. The largest absolute Gasteiger partial charge is 0.478 e. The summed E-state index contributed by atoms with van der Waals surface area (Å²) >= 11 is 0. The van der Waals surface area contributed by atoms with Crippen molar-refractivity contribution in [2.45, 2.75) is 26.7 Å². The summed E-state index contributed by atoms with van der Waals surface area (Å²) in [7, 11) is 0. The van der Waals surface area contributed by atoms with Gasteiger partial charge in [0.05, 0.1) is 17.9 Å². The van der Waals surface area contributed by atoms with E-state index in [2.05, 4.69) is 17.6 Å². The number of aryl methyl sites for hydroxylation is 1. The van der Waals surface area contributed by atoms with Crippen molar-refractivity contribution < 1.29 is 19.4 Å². The highest BCUT2D eigenvalue weighted by Crippen LogP contribution is 2.17. The molecule has 3 N–H and O–H groups in total. The molecular formula is C15H22N2O4. The van der Waals surface area contributed by atoms with Crippen molar-refractivity contribution in [1.82, 2.24) is 5.32 Å². The number of carbonyl (C=O) groups is 2. The standard InChI is InChI=1S/C15H22N2O4/c1-3-4-8-21-9-7-16-15(20)17-13-6-5-11(2)10-12(13)14(18)19/h5-6,10H,3-4,7-9H2,1-2H3,(H,18,19)(H2,16,17,20). The van der Waals surface area contributed by atoms with E-state index in [4.69, 9.17) is 9.84 Å². The van der Waals surface area contributed by atoms with E-state index in [0.717, 1.165) is 18.4 Å². The van der Waals surface area contributed by atoms with Crippen molar-refractivity contribution in [2.24, 2.45) is 0 Å². The van der Waals surface area contributed by atoms with Gasteiger partial charge in [0, 0.05) is 13.2 Å². The van der Waals surface area contributed by atoms with Gasteiger partial charge in [0.1, 0.15) is 0 Å². The first-order valence-corrected chi connectivity index (χ1v) is 7.01. The molecule has 0 bridgehead atoms. The number of unbranched alkanes of at least 4 members (excludes halogenated alkanes) is 1. The maximum atomic E-state index is 11.7. The first-order chi connectivity index (χ1) is 10.0. The molecule has 0 heterocycles. The van der Waals surface area contributed by atoms with E-state index in [1.54, 1.807) is 19.1 Å². The molecule has 2 amide bonds. The Morgan fingerprint density at radius 1 is 1.29 bits per heavy atom. The highest BCUT2D eigenvalue weighted by atomic mass is 16.5. The molecule has 0 radical (unpaired) electrons. The zero-order valence-electron chi connectivity index (χ0n) is 12.4.